The van der Waals surface area contributed by atoms with Crippen LogP contribution in [0.2, 0.25) is 0 Å². The lowest BCUT2D eigenvalue weighted by Crippen LogP contribution is -2.37. The van der Waals surface area contributed by atoms with Crippen molar-refractivity contribution in [3.63, 3.8) is 0 Å². The second-order valence-corrected chi connectivity index (χ2v) is 8.62. The third kappa shape index (κ3) is 7.33. The molecule has 10 heteroatoms. The quantitative estimate of drug-likeness (QED) is 0.251. The first-order valence-electron chi connectivity index (χ1n) is 11.3. The second-order valence-electron chi connectivity index (χ2n) is 7.71. The first-order chi connectivity index (χ1) is 16.8. The first-order valence-corrected chi connectivity index (χ1v) is 12.2. The fourth-order valence-electron chi connectivity index (χ4n) is 3.65. The Morgan fingerprint density at radius 2 is 1.88 bits per heavy atom. The van der Waals surface area contributed by atoms with Gasteiger partial charge in [0.25, 0.3) is 5.88 Å². The lowest BCUT2D eigenvalue weighted by Gasteiger charge is -2.31. The van der Waals surface area contributed by atoms with Crippen LogP contribution in [0.4, 0.5) is 0 Å². The maximum atomic E-state index is 6.29. The SMILES string of the molecule is C#COCCOCCOCCOc1cc(CN2CCC(Oc3ccnc4ccsc34)CC2)on1. The lowest BCUT2D eigenvalue weighted by molar-refractivity contribution is 0.0239. The first kappa shape index (κ1) is 24.3. The summed E-state index contributed by atoms with van der Waals surface area (Å²) >= 11 is 1.67. The van der Waals surface area contributed by atoms with Crippen molar-refractivity contribution in [3.05, 3.63) is 35.5 Å². The van der Waals surface area contributed by atoms with E-state index in [4.69, 9.17) is 34.6 Å². The Morgan fingerprint density at radius 1 is 1.09 bits per heavy atom. The zero-order valence-corrected chi connectivity index (χ0v) is 19.8. The van der Waals surface area contributed by atoms with Gasteiger partial charge in [-0.2, -0.15) is 0 Å². The van der Waals surface area contributed by atoms with E-state index in [1.807, 2.05) is 29.8 Å². The van der Waals surface area contributed by atoms with Crippen molar-refractivity contribution in [2.75, 3.05) is 52.7 Å². The summed E-state index contributed by atoms with van der Waals surface area (Å²) in [6, 6.07) is 5.81. The molecule has 0 bridgehead atoms. The van der Waals surface area contributed by atoms with Gasteiger partial charge < -0.3 is 28.2 Å². The van der Waals surface area contributed by atoms with Crippen LogP contribution in [0.3, 0.4) is 0 Å². The van der Waals surface area contributed by atoms with E-state index >= 15 is 0 Å². The number of ether oxygens (including phenoxy) is 5. The van der Waals surface area contributed by atoms with Gasteiger partial charge in [-0.1, -0.05) is 6.42 Å². The summed E-state index contributed by atoms with van der Waals surface area (Å²) in [6.07, 6.45) is 11.0. The van der Waals surface area contributed by atoms with Crippen LogP contribution in [0.5, 0.6) is 11.6 Å². The highest BCUT2D eigenvalue weighted by Gasteiger charge is 2.22. The van der Waals surface area contributed by atoms with E-state index in [1.165, 1.54) is 0 Å². The zero-order chi connectivity index (χ0) is 23.4. The number of pyridine rings is 1. The van der Waals surface area contributed by atoms with E-state index in [2.05, 4.69) is 21.1 Å². The van der Waals surface area contributed by atoms with E-state index in [0.29, 0.717) is 52.1 Å². The molecule has 0 aliphatic carbocycles. The Morgan fingerprint density at radius 3 is 2.71 bits per heavy atom. The predicted octanol–water partition coefficient (Wildman–Crippen LogP) is 3.35. The summed E-state index contributed by atoms with van der Waals surface area (Å²) in [5, 5.41) is 6.04. The standard InChI is InChI=1S/C24H29N3O6S/c1-2-28-10-11-29-12-13-30-14-15-31-23-17-20(33-26-23)18-27-8-4-19(5-9-27)32-22-3-7-25-21-6-16-34-24(21)22/h1,3,6-7,16-17,19H,4-5,8-15,18H2. The molecule has 0 amide bonds. The highest BCUT2D eigenvalue weighted by atomic mass is 32.1. The minimum Gasteiger partial charge on any atom is -0.489 e. The Hall–Kier alpha value is -2.84. The number of fused-ring (bicyclic) bond motifs is 1. The van der Waals surface area contributed by atoms with Gasteiger partial charge in [-0.05, 0) is 35.5 Å². The molecule has 3 aromatic heterocycles. The molecule has 0 saturated carbocycles. The maximum absolute atomic E-state index is 6.29. The molecule has 34 heavy (non-hydrogen) atoms. The predicted molar refractivity (Wildman–Crippen MR) is 127 cm³/mol. The number of likely N-dealkylation sites (tertiary alicyclic amines) is 1. The second kappa shape index (κ2) is 13.2. The molecule has 3 aromatic rings. The molecule has 1 fully saturated rings. The van der Waals surface area contributed by atoms with Crippen molar-refractivity contribution in [2.45, 2.75) is 25.5 Å². The molecule has 182 valence electrons. The molecular formula is C24H29N3O6S. The lowest BCUT2D eigenvalue weighted by atomic mass is 10.1. The molecule has 1 saturated heterocycles. The number of nitrogens with zero attached hydrogens (tertiary/aromatic N) is 3. The van der Waals surface area contributed by atoms with Gasteiger partial charge in [0.15, 0.2) is 5.76 Å². The van der Waals surface area contributed by atoms with Crippen LogP contribution < -0.4 is 9.47 Å². The van der Waals surface area contributed by atoms with Crippen molar-refractivity contribution < 1.29 is 28.2 Å². The maximum Gasteiger partial charge on any atom is 0.254 e. The fourth-order valence-corrected chi connectivity index (χ4v) is 4.46. The number of rotatable bonds is 14. The molecule has 0 atom stereocenters. The van der Waals surface area contributed by atoms with Gasteiger partial charge in [0, 0.05) is 25.4 Å². The van der Waals surface area contributed by atoms with E-state index in [9.17, 15) is 0 Å². The number of hydrogen-bond acceptors (Lipinski definition) is 10. The van der Waals surface area contributed by atoms with Crippen molar-refractivity contribution in [2.24, 2.45) is 0 Å². The third-order valence-corrected chi connectivity index (χ3v) is 6.23. The molecule has 1 aliphatic rings. The minimum absolute atomic E-state index is 0.208. The normalized spacial score (nSPS) is 14.8. The topological polar surface area (TPSA) is 88.3 Å². The smallest absolute Gasteiger partial charge is 0.254 e. The van der Waals surface area contributed by atoms with Crippen LogP contribution in [0, 0.1) is 12.5 Å². The average Bonchev–Trinajstić information content (AvgIpc) is 3.52. The number of thiophene rings is 1. The van der Waals surface area contributed by atoms with Gasteiger partial charge in [0.05, 0.1) is 43.2 Å². The molecule has 4 rings (SSSR count). The summed E-state index contributed by atoms with van der Waals surface area (Å²) < 4.78 is 33.9. The fraction of sp³-hybridized carbons (Fsp3) is 0.500. The van der Waals surface area contributed by atoms with Crippen LogP contribution in [-0.4, -0.2) is 73.9 Å². The van der Waals surface area contributed by atoms with Gasteiger partial charge in [-0.3, -0.25) is 9.88 Å². The summed E-state index contributed by atoms with van der Waals surface area (Å²) in [5.74, 6) is 2.19. The third-order valence-electron chi connectivity index (χ3n) is 5.32. The molecule has 4 heterocycles. The highest BCUT2D eigenvalue weighted by molar-refractivity contribution is 7.17. The molecule has 1 aliphatic heterocycles. The monoisotopic (exact) mass is 487 g/mol. The summed E-state index contributed by atoms with van der Waals surface area (Å²) in [6.45, 7) is 5.18. The molecule has 0 radical (unpaired) electrons. The minimum atomic E-state index is 0.208. The molecule has 0 spiro atoms. The number of aromatic nitrogens is 2. The van der Waals surface area contributed by atoms with Crippen molar-refractivity contribution in [3.8, 4) is 24.2 Å². The Labute approximate surface area is 202 Å². The van der Waals surface area contributed by atoms with Crippen molar-refractivity contribution in [1.29, 1.82) is 0 Å². The van der Waals surface area contributed by atoms with E-state index in [0.717, 1.165) is 47.7 Å². The molecular weight excluding hydrogens is 458 g/mol. The molecule has 0 aromatic carbocycles. The van der Waals surface area contributed by atoms with Gasteiger partial charge >= 0.3 is 0 Å². The zero-order valence-electron chi connectivity index (χ0n) is 19.0. The summed E-state index contributed by atoms with van der Waals surface area (Å²) in [4.78, 5) is 6.72. The summed E-state index contributed by atoms with van der Waals surface area (Å²) in [7, 11) is 0. The Bertz CT molecular complexity index is 1040. The molecule has 0 N–H and O–H groups in total. The van der Waals surface area contributed by atoms with Crippen LogP contribution in [0.1, 0.15) is 18.6 Å². The van der Waals surface area contributed by atoms with Crippen molar-refractivity contribution in [1.82, 2.24) is 15.0 Å². The number of piperidine rings is 1. The van der Waals surface area contributed by atoms with Gasteiger partial charge in [-0.15, -0.1) is 11.3 Å². The van der Waals surface area contributed by atoms with Gasteiger partial charge in [0.2, 0.25) is 0 Å². The van der Waals surface area contributed by atoms with Gasteiger partial charge in [0.1, 0.15) is 31.2 Å². The summed E-state index contributed by atoms with van der Waals surface area (Å²) in [5.41, 5.74) is 0.992. The largest absolute Gasteiger partial charge is 0.489 e. The average molecular weight is 488 g/mol. The van der Waals surface area contributed by atoms with Crippen LogP contribution in [-0.2, 0) is 20.8 Å². The van der Waals surface area contributed by atoms with Crippen LogP contribution in [0.15, 0.2) is 34.3 Å². The van der Waals surface area contributed by atoms with E-state index in [1.54, 1.807) is 11.3 Å². The van der Waals surface area contributed by atoms with Gasteiger partial charge in [-0.25, -0.2) is 0 Å². The van der Waals surface area contributed by atoms with Crippen LogP contribution >= 0.6 is 11.3 Å². The molecule has 9 nitrogen and oxygen atoms in total. The van der Waals surface area contributed by atoms with E-state index < -0.39 is 0 Å². The molecule has 0 unspecified atom stereocenters. The van der Waals surface area contributed by atoms with Crippen molar-refractivity contribution >= 4 is 21.6 Å². The van der Waals surface area contributed by atoms with Crippen LogP contribution in [0.25, 0.3) is 10.2 Å². The Balaban J connectivity index is 1.09. The number of terminal acetylenes is 1. The van der Waals surface area contributed by atoms with E-state index in [-0.39, 0.29) is 6.10 Å². The highest BCUT2D eigenvalue weighted by Crippen LogP contribution is 2.31. The Kier molecular flexibility index (Phi) is 9.39. The number of hydrogen-bond donors (Lipinski definition) is 0.